The SMILES string of the molecule is CC1CCc2cnc(N(C)CCN)nc2C1C. The third-order valence-corrected chi connectivity index (χ3v) is 3.85. The number of aromatic nitrogens is 2. The molecule has 4 nitrogen and oxygen atoms in total. The fraction of sp³-hybridized carbons (Fsp3) is 0.692. The van der Waals surface area contributed by atoms with E-state index in [1.54, 1.807) is 0 Å². The van der Waals surface area contributed by atoms with E-state index >= 15 is 0 Å². The molecule has 94 valence electrons. The van der Waals surface area contributed by atoms with Gasteiger partial charge in [-0.1, -0.05) is 13.8 Å². The lowest BCUT2D eigenvalue weighted by Crippen LogP contribution is -2.28. The summed E-state index contributed by atoms with van der Waals surface area (Å²) in [7, 11) is 1.99. The van der Waals surface area contributed by atoms with E-state index in [-0.39, 0.29) is 0 Å². The summed E-state index contributed by atoms with van der Waals surface area (Å²) < 4.78 is 0. The second-order valence-electron chi connectivity index (χ2n) is 5.10. The van der Waals surface area contributed by atoms with Crippen LogP contribution in [0.5, 0.6) is 0 Å². The number of hydrogen-bond acceptors (Lipinski definition) is 4. The number of nitrogens with two attached hydrogens (primary N) is 1. The molecular formula is C13H22N4. The van der Waals surface area contributed by atoms with Gasteiger partial charge in [0.1, 0.15) is 0 Å². The topological polar surface area (TPSA) is 55.0 Å². The molecule has 0 saturated heterocycles. The number of hydrogen-bond donors (Lipinski definition) is 1. The zero-order valence-electron chi connectivity index (χ0n) is 11.0. The Morgan fingerprint density at radius 1 is 1.47 bits per heavy atom. The predicted molar refractivity (Wildman–Crippen MR) is 70.3 cm³/mol. The van der Waals surface area contributed by atoms with Gasteiger partial charge in [0.25, 0.3) is 0 Å². The van der Waals surface area contributed by atoms with Gasteiger partial charge in [-0.15, -0.1) is 0 Å². The largest absolute Gasteiger partial charge is 0.343 e. The van der Waals surface area contributed by atoms with Crippen molar-refractivity contribution in [3.8, 4) is 0 Å². The van der Waals surface area contributed by atoms with Gasteiger partial charge in [-0.3, -0.25) is 0 Å². The molecule has 2 N–H and O–H groups in total. The number of rotatable bonds is 3. The Balaban J connectivity index is 2.29. The zero-order chi connectivity index (χ0) is 12.4. The lowest BCUT2D eigenvalue weighted by atomic mass is 9.80. The first-order valence-corrected chi connectivity index (χ1v) is 6.40. The number of anilines is 1. The summed E-state index contributed by atoms with van der Waals surface area (Å²) >= 11 is 0. The number of likely N-dealkylation sites (N-methyl/N-ethyl adjacent to an activating group) is 1. The molecule has 0 aromatic carbocycles. The molecule has 1 aliphatic rings. The van der Waals surface area contributed by atoms with Crippen molar-refractivity contribution in [1.29, 1.82) is 0 Å². The van der Waals surface area contributed by atoms with Crippen molar-refractivity contribution in [2.75, 3.05) is 25.0 Å². The molecule has 0 radical (unpaired) electrons. The fourth-order valence-electron chi connectivity index (χ4n) is 2.38. The third-order valence-electron chi connectivity index (χ3n) is 3.85. The van der Waals surface area contributed by atoms with E-state index < -0.39 is 0 Å². The summed E-state index contributed by atoms with van der Waals surface area (Å²) in [5.41, 5.74) is 8.11. The highest BCUT2D eigenvalue weighted by molar-refractivity contribution is 5.35. The minimum atomic E-state index is 0.534. The van der Waals surface area contributed by atoms with Crippen LogP contribution >= 0.6 is 0 Å². The normalized spacial score (nSPS) is 23.3. The van der Waals surface area contributed by atoms with Crippen molar-refractivity contribution >= 4 is 5.95 Å². The van der Waals surface area contributed by atoms with Gasteiger partial charge in [0.2, 0.25) is 5.95 Å². The Kier molecular flexibility index (Phi) is 3.62. The molecule has 1 aromatic rings. The summed E-state index contributed by atoms with van der Waals surface area (Å²) in [4.78, 5) is 11.2. The minimum Gasteiger partial charge on any atom is -0.343 e. The standard InChI is InChI=1S/C13H22N4/c1-9-4-5-11-8-15-13(17(3)7-6-14)16-12(11)10(9)2/h8-10H,4-7,14H2,1-3H3. The molecule has 1 aliphatic carbocycles. The highest BCUT2D eigenvalue weighted by atomic mass is 15.2. The molecule has 0 bridgehead atoms. The average molecular weight is 234 g/mol. The summed E-state index contributed by atoms with van der Waals surface area (Å²) in [5, 5.41) is 0. The lowest BCUT2D eigenvalue weighted by molar-refractivity contribution is 0.415. The summed E-state index contributed by atoms with van der Waals surface area (Å²) in [5.74, 6) is 2.05. The summed E-state index contributed by atoms with van der Waals surface area (Å²) in [6, 6.07) is 0. The van der Waals surface area contributed by atoms with Crippen molar-refractivity contribution in [1.82, 2.24) is 9.97 Å². The van der Waals surface area contributed by atoms with Crippen molar-refractivity contribution in [2.24, 2.45) is 11.7 Å². The van der Waals surface area contributed by atoms with Gasteiger partial charge in [0, 0.05) is 32.3 Å². The van der Waals surface area contributed by atoms with E-state index in [0.29, 0.717) is 18.4 Å². The highest BCUT2D eigenvalue weighted by Crippen LogP contribution is 2.34. The average Bonchev–Trinajstić information content (AvgIpc) is 2.34. The van der Waals surface area contributed by atoms with Gasteiger partial charge < -0.3 is 10.6 Å². The van der Waals surface area contributed by atoms with Gasteiger partial charge in [0.15, 0.2) is 0 Å². The Bertz CT molecular complexity index is 391. The van der Waals surface area contributed by atoms with Gasteiger partial charge >= 0.3 is 0 Å². The zero-order valence-corrected chi connectivity index (χ0v) is 11.0. The lowest BCUT2D eigenvalue weighted by Gasteiger charge is -2.28. The van der Waals surface area contributed by atoms with Crippen LogP contribution in [0, 0.1) is 5.92 Å². The fourth-order valence-corrected chi connectivity index (χ4v) is 2.38. The molecule has 1 heterocycles. The van der Waals surface area contributed by atoms with E-state index in [0.717, 1.165) is 18.9 Å². The summed E-state index contributed by atoms with van der Waals surface area (Å²) in [6.07, 6.45) is 4.35. The molecule has 2 unspecified atom stereocenters. The van der Waals surface area contributed by atoms with Crippen LogP contribution in [0.2, 0.25) is 0 Å². The van der Waals surface area contributed by atoms with Crippen molar-refractivity contribution in [3.05, 3.63) is 17.5 Å². The van der Waals surface area contributed by atoms with Crippen LogP contribution in [0.1, 0.15) is 37.4 Å². The second kappa shape index (κ2) is 5.00. The van der Waals surface area contributed by atoms with Gasteiger partial charge in [0.05, 0.1) is 5.69 Å². The van der Waals surface area contributed by atoms with Gasteiger partial charge in [-0.05, 0) is 24.3 Å². The molecule has 1 aromatic heterocycles. The van der Waals surface area contributed by atoms with Crippen molar-refractivity contribution in [3.63, 3.8) is 0 Å². The molecule has 0 spiro atoms. The Hall–Kier alpha value is -1.16. The number of aryl methyl sites for hydroxylation is 1. The summed E-state index contributed by atoms with van der Waals surface area (Å²) in [6.45, 7) is 5.99. The second-order valence-corrected chi connectivity index (χ2v) is 5.10. The molecule has 2 rings (SSSR count). The molecule has 0 aliphatic heterocycles. The van der Waals surface area contributed by atoms with Crippen molar-refractivity contribution < 1.29 is 0 Å². The maximum absolute atomic E-state index is 5.56. The van der Waals surface area contributed by atoms with E-state index in [1.165, 1.54) is 17.7 Å². The molecule has 0 saturated carbocycles. The van der Waals surface area contributed by atoms with Crippen LogP contribution in [-0.2, 0) is 6.42 Å². The van der Waals surface area contributed by atoms with E-state index in [1.807, 2.05) is 18.1 Å². The van der Waals surface area contributed by atoms with Gasteiger partial charge in [-0.2, -0.15) is 0 Å². The highest BCUT2D eigenvalue weighted by Gasteiger charge is 2.25. The molecular weight excluding hydrogens is 212 g/mol. The molecule has 2 atom stereocenters. The van der Waals surface area contributed by atoms with E-state index in [2.05, 4.69) is 18.8 Å². The smallest absolute Gasteiger partial charge is 0.225 e. The quantitative estimate of drug-likeness (QED) is 0.862. The predicted octanol–water partition coefficient (Wildman–Crippen LogP) is 1.56. The first kappa shape index (κ1) is 12.3. The first-order valence-electron chi connectivity index (χ1n) is 6.40. The minimum absolute atomic E-state index is 0.534. The number of nitrogens with zero attached hydrogens (tertiary/aromatic N) is 3. The van der Waals surface area contributed by atoms with Crippen LogP contribution < -0.4 is 10.6 Å². The van der Waals surface area contributed by atoms with Crippen LogP contribution in [-0.4, -0.2) is 30.1 Å². The van der Waals surface area contributed by atoms with E-state index in [9.17, 15) is 0 Å². The van der Waals surface area contributed by atoms with Crippen LogP contribution in [0.15, 0.2) is 6.20 Å². The third kappa shape index (κ3) is 2.41. The molecule has 0 fully saturated rings. The maximum atomic E-state index is 5.56. The molecule has 17 heavy (non-hydrogen) atoms. The van der Waals surface area contributed by atoms with Gasteiger partial charge in [-0.25, -0.2) is 9.97 Å². The molecule has 0 amide bonds. The Morgan fingerprint density at radius 3 is 2.94 bits per heavy atom. The van der Waals surface area contributed by atoms with Crippen molar-refractivity contribution in [2.45, 2.75) is 32.6 Å². The van der Waals surface area contributed by atoms with Crippen LogP contribution in [0.3, 0.4) is 0 Å². The van der Waals surface area contributed by atoms with Crippen LogP contribution in [0.25, 0.3) is 0 Å². The molecule has 4 heteroatoms. The first-order chi connectivity index (χ1) is 8.13. The monoisotopic (exact) mass is 234 g/mol. The maximum Gasteiger partial charge on any atom is 0.225 e. The Labute approximate surface area is 103 Å². The van der Waals surface area contributed by atoms with Crippen LogP contribution in [0.4, 0.5) is 5.95 Å². The van der Waals surface area contributed by atoms with E-state index in [4.69, 9.17) is 10.7 Å². The Morgan fingerprint density at radius 2 is 2.24 bits per heavy atom. The number of fused-ring (bicyclic) bond motifs is 1.